The van der Waals surface area contributed by atoms with Gasteiger partial charge in [0.2, 0.25) is 5.78 Å². The second kappa shape index (κ2) is 42.7. The monoisotopic (exact) mass is 1160 g/mol. The van der Waals surface area contributed by atoms with Crippen molar-refractivity contribution in [1.29, 1.82) is 0 Å². The molecular formula is C67H115FN2O10S. The lowest BCUT2D eigenvalue weighted by Gasteiger charge is -2.24. The van der Waals surface area contributed by atoms with Crippen LogP contribution < -0.4 is 0 Å². The predicted molar refractivity (Wildman–Crippen MR) is 341 cm³/mol. The van der Waals surface area contributed by atoms with Gasteiger partial charge in [-0.05, 0) is 124 Å². The molecule has 81 heavy (non-hydrogen) atoms. The number of likely N-dealkylation sites (tertiary alicyclic amines) is 1. The van der Waals surface area contributed by atoms with Crippen LogP contribution >= 0.6 is 0 Å². The molecule has 1 aliphatic rings. The van der Waals surface area contributed by atoms with Gasteiger partial charge >= 0.3 is 0 Å². The van der Waals surface area contributed by atoms with Gasteiger partial charge in [-0.2, -0.15) is 0 Å². The summed E-state index contributed by atoms with van der Waals surface area (Å²) >= 11 is 0. The molecule has 0 radical (unpaired) electrons. The Kier molecular flexibility index (Phi) is 47.3. The van der Waals surface area contributed by atoms with Gasteiger partial charge in [-0.1, -0.05) is 189 Å². The van der Waals surface area contributed by atoms with Crippen LogP contribution in [0.5, 0.6) is 0 Å². The van der Waals surface area contributed by atoms with E-state index in [0.717, 1.165) is 18.5 Å². The number of ketones is 8. The van der Waals surface area contributed by atoms with Gasteiger partial charge in [-0.15, -0.1) is 0 Å². The highest BCUT2D eigenvalue weighted by Gasteiger charge is 2.26. The van der Waals surface area contributed by atoms with Crippen LogP contribution in [0.15, 0.2) is 85.7 Å². The van der Waals surface area contributed by atoms with Gasteiger partial charge in [0.05, 0.1) is 4.75 Å². The summed E-state index contributed by atoms with van der Waals surface area (Å²) < 4.78 is 33.2. The lowest BCUT2D eigenvalue weighted by Crippen LogP contribution is -2.29. The molecule has 0 amide bonds. The third kappa shape index (κ3) is 56.5. The zero-order valence-corrected chi connectivity index (χ0v) is 57.0. The average Bonchev–Trinajstić information content (AvgIpc) is 3.29. The molecule has 1 aliphatic heterocycles. The summed E-state index contributed by atoms with van der Waals surface area (Å²) in [6.45, 7) is 60.5. The molecule has 0 bridgehead atoms. The van der Waals surface area contributed by atoms with Crippen LogP contribution in [0.3, 0.4) is 0 Å². The molecule has 0 aliphatic carbocycles. The van der Waals surface area contributed by atoms with Crippen LogP contribution in [0.25, 0.3) is 0 Å². The molecule has 1 rings (SSSR count). The van der Waals surface area contributed by atoms with Gasteiger partial charge in [0, 0.05) is 56.9 Å². The first-order valence-corrected chi connectivity index (χ1v) is 29.1. The zero-order chi connectivity index (χ0) is 66.4. The number of halogens is 1. The Morgan fingerprint density at radius 2 is 0.988 bits per heavy atom. The maximum absolute atomic E-state index is 12.0. The standard InChI is InChI=1S/C12H21NO.C10H19NO.C9H14O2.C8H14O.C8H12O.C7H11FO.C7H12O.C6H12O2S/c1-11(2)12(14)7-6-10-13-8-4-3-5-9-13;1-10(2,3)9(12)7-6-8-11(4)5;1-7(10)5-6-8(11)9(2,3)4;2*1-5-6-7(9)8(2,3)4;1-5(8)6(9)7(2,3)4;1-5-6(8)7(2,3)4;1-5-9(7,8)6(2,3)4/h6-7,11H,3-5,8-10H2,1-2H3;6-7H,8H2,1-5H3;5-6H,1-4H3;5-6H,1-4H3;1-4H3;1H2,2-4H3;5H,1H2,2-4H3;5H,1H2,2-4H3/b2*7-6+;2*6-5+;;;;. The number of likely N-dealkylation sites (N-methyl/N-ethyl adjacent to an activating group) is 1. The Morgan fingerprint density at radius 3 is 1.20 bits per heavy atom. The summed E-state index contributed by atoms with van der Waals surface area (Å²) in [5.74, 6) is 4.41. The lowest BCUT2D eigenvalue weighted by molar-refractivity contribution is -0.124. The fourth-order valence-corrected chi connectivity index (χ4v) is 4.88. The SMILES string of the molecule is C/C=C/C(=O)C(C)(C)C.C=C(F)C(=O)C(C)(C)C.C=CC(=O)C(C)(C)C.C=CS(=O)(=O)C(C)(C)C.CC#CC(=O)C(C)(C)C.CC(=O)/C=C/C(=O)C(C)(C)C.CC(C)C(=O)/C=C/CN1CCCCC1.CN(C)C/C=C/C(=O)C(C)(C)C. The van der Waals surface area contributed by atoms with E-state index in [2.05, 4.69) is 36.5 Å². The van der Waals surface area contributed by atoms with Crippen molar-refractivity contribution < 1.29 is 51.2 Å². The van der Waals surface area contributed by atoms with Gasteiger partial charge in [0.25, 0.3) is 0 Å². The van der Waals surface area contributed by atoms with Crippen LogP contribution in [0.2, 0.25) is 0 Å². The second-order valence-corrected chi connectivity index (χ2v) is 29.5. The van der Waals surface area contributed by atoms with Gasteiger partial charge in [-0.3, -0.25) is 43.3 Å². The molecule has 14 heteroatoms. The van der Waals surface area contributed by atoms with Crippen LogP contribution in [0.4, 0.5) is 4.39 Å². The molecule has 466 valence electrons. The summed E-state index contributed by atoms with van der Waals surface area (Å²) in [5, 5.41) is 0.993. The molecule has 1 saturated heterocycles. The van der Waals surface area contributed by atoms with E-state index < -0.39 is 31.6 Å². The average molecular weight is 1160 g/mol. The number of sulfone groups is 1. The van der Waals surface area contributed by atoms with Gasteiger partial charge < -0.3 is 4.90 Å². The highest BCUT2D eigenvalue weighted by Crippen LogP contribution is 2.20. The normalized spacial score (nSPS) is 13.1. The summed E-state index contributed by atoms with van der Waals surface area (Å²) in [5.41, 5.74) is -2.03. The third-order valence-corrected chi connectivity index (χ3v) is 12.4. The van der Waals surface area contributed by atoms with Crippen LogP contribution in [-0.2, 0) is 48.2 Å². The number of Topliss-reactive ketones (excluding diaryl/α,β-unsaturated/α-hetero) is 2. The maximum atomic E-state index is 12.0. The quantitative estimate of drug-likeness (QED) is 0.0970. The number of rotatable bonds is 13. The van der Waals surface area contributed by atoms with E-state index in [-0.39, 0.29) is 73.5 Å². The molecule has 0 aromatic heterocycles. The fourth-order valence-electron chi connectivity index (χ4n) is 4.38. The Morgan fingerprint density at radius 1 is 0.593 bits per heavy atom. The highest BCUT2D eigenvalue weighted by molar-refractivity contribution is 7.95. The van der Waals surface area contributed by atoms with Gasteiger partial charge in [0.15, 0.2) is 56.1 Å². The van der Waals surface area contributed by atoms with Crippen molar-refractivity contribution in [2.24, 2.45) is 38.4 Å². The molecule has 0 N–H and O–H groups in total. The first-order chi connectivity index (χ1) is 36.0. The minimum Gasteiger partial charge on any atom is -0.306 e. The Labute approximate surface area is 495 Å². The van der Waals surface area contributed by atoms with Crippen molar-refractivity contribution in [2.75, 3.05) is 40.3 Å². The Hall–Kier alpha value is -5.10. The molecule has 1 heterocycles. The molecule has 0 unspecified atom stereocenters. The van der Waals surface area contributed by atoms with Crippen LogP contribution in [0, 0.1) is 50.2 Å². The fraction of sp³-hybridized carbons (Fsp3) is 0.642. The zero-order valence-electron chi connectivity index (χ0n) is 56.2. The van der Waals surface area contributed by atoms with E-state index in [9.17, 15) is 51.2 Å². The van der Waals surface area contributed by atoms with Crippen molar-refractivity contribution in [2.45, 2.75) is 204 Å². The van der Waals surface area contributed by atoms with Crippen molar-refractivity contribution in [3.05, 3.63) is 85.7 Å². The molecule has 0 aromatic carbocycles. The number of carbonyl (C=O) groups is 8. The van der Waals surface area contributed by atoms with Crippen LogP contribution in [0.1, 0.15) is 199 Å². The van der Waals surface area contributed by atoms with Crippen molar-refractivity contribution in [3.63, 3.8) is 0 Å². The number of piperidine rings is 1. The largest absolute Gasteiger partial charge is 0.306 e. The second-order valence-electron chi connectivity index (χ2n) is 26.9. The topological polar surface area (TPSA) is 177 Å². The molecule has 0 spiro atoms. The first-order valence-electron chi connectivity index (χ1n) is 27.6. The van der Waals surface area contributed by atoms with Crippen LogP contribution in [-0.4, -0.2) is 110 Å². The highest BCUT2D eigenvalue weighted by atomic mass is 32.2. The Balaban J connectivity index is -0.000000156. The van der Waals surface area contributed by atoms with Crippen molar-refractivity contribution in [3.8, 4) is 11.8 Å². The Bertz CT molecular complexity index is 2280. The number of hydrogen-bond donors (Lipinski definition) is 0. The minimum absolute atomic E-state index is 0.00463. The van der Waals surface area contributed by atoms with E-state index in [1.165, 1.54) is 57.5 Å². The summed E-state index contributed by atoms with van der Waals surface area (Å²) in [6.07, 6.45) is 18.7. The number of nitrogens with zero attached hydrogens (tertiary/aromatic N) is 2. The molecule has 0 saturated carbocycles. The van der Waals surface area contributed by atoms with Gasteiger partial charge in [0.1, 0.15) is 0 Å². The molecule has 12 nitrogen and oxygen atoms in total. The smallest absolute Gasteiger partial charge is 0.210 e. The van der Waals surface area contributed by atoms with E-state index in [0.29, 0.717) is 0 Å². The van der Waals surface area contributed by atoms with E-state index in [1.54, 1.807) is 72.8 Å². The summed E-state index contributed by atoms with van der Waals surface area (Å²) in [6, 6.07) is 0. The number of hydrogen-bond acceptors (Lipinski definition) is 12. The first kappa shape index (κ1) is 89.7. The summed E-state index contributed by atoms with van der Waals surface area (Å²) in [7, 11) is 0.884. The third-order valence-electron chi connectivity index (χ3n) is 10.3. The number of allylic oxidation sites excluding steroid dienone is 8. The van der Waals surface area contributed by atoms with E-state index >= 15 is 0 Å². The molecule has 0 atom stereocenters. The molecular weight excluding hydrogens is 1040 g/mol. The van der Waals surface area contributed by atoms with Crippen molar-refractivity contribution in [1.82, 2.24) is 9.80 Å². The van der Waals surface area contributed by atoms with E-state index in [1.807, 2.05) is 156 Å². The predicted octanol–water partition coefficient (Wildman–Crippen LogP) is 14.7. The molecule has 1 fully saturated rings. The van der Waals surface area contributed by atoms with E-state index in [4.69, 9.17) is 0 Å². The maximum Gasteiger partial charge on any atom is 0.210 e. The molecule has 0 aromatic rings. The minimum atomic E-state index is -3.07. The lowest BCUT2D eigenvalue weighted by atomic mass is 9.90. The van der Waals surface area contributed by atoms with Crippen molar-refractivity contribution >= 4 is 56.1 Å². The number of carbonyl (C=O) groups excluding carboxylic acids is 8. The van der Waals surface area contributed by atoms with Gasteiger partial charge in [-0.25, -0.2) is 12.8 Å². The summed E-state index contributed by atoms with van der Waals surface area (Å²) in [4.78, 5) is 91.9.